The van der Waals surface area contributed by atoms with Gasteiger partial charge in [-0.2, -0.15) is 5.26 Å². The molecule has 1 aliphatic rings. The fraction of sp³-hybridized carbons (Fsp3) is 0.222. The number of anilines is 1. The van der Waals surface area contributed by atoms with Crippen LogP contribution in [-0.4, -0.2) is 36.3 Å². The maximum absolute atomic E-state index is 9.95. The molecule has 0 unspecified atom stereocenters. The highest BCUT2D eigenvalue weighted by Crippen LogP contribution is 2.48. The number of ether oxygens (including phenoxy) is 1. The van der Waals surface area contributed by atoms with Gasteiger partial charge in [0.15, 0.2) is 0 Å². The highest BCUT2D eigenvalue weighted by Gasteiger charge is 2.27. The molecule has 1 aliphatic heterocycles. The highest BCUT2D eigenvalue weighted by atomic mass is 35.5. The highest BCUT2D eigenvalue weighted by molar-refractivity contribution is 7.20. The fourth-order valence-electron chi connectivity index (χ4n) is 3.02. The number of halogens is 2. The summed E-state index contributed by atoms with van der Waals surface area (Å²) in [5, 5.41) is 11.9. The Kier molecular flexibility index (Phi) is 4.88. The number of nitriles is 1. The standard InChI is InChI=1S/C18H14Cl2N4OS/c19-11-1-2-12(14(20)9-11)15-13(10-21)18(24-5-7-25-8-6-24)26-16(15)17-22-3-4-23-17/h1-4,9H,5-8H2,(H,22,23). The van der Waals surface area contributed by atoms with Gasteiger partial charge >= 0.3 is 0 Å². The van der Waals surface area contributed by atoms with Gasteiger partial charge < -0.3 is 14.6 Å². The van der Waals surface area contributed by atoms with Gasteiger partial charge in [-0.25, -0.2) is 4.98 Å². The second kappa shape index (κ2) is 7.29. The first kappa shape index (κ1) is 17.4. The summed E-state index contributed by atoms with van der Waals surface area (Å²) in [5.41, 5.74) is 2.16. The summed E-state index contributed by atoms with van der Waals surface area (Å²) in [7, 11) is 0. The topological polar surface area (TPSA) is 64.9 Å². The van der Waals surface area contributed by atoms with E-state index in [1.807, 2.05) is 6.07 Å². The Labute approximate surface area is 164 Å². The van der Waals surface area contributed by atoms with Gasteiger partial charge in [-0.15, -0.1) is 11.3 Å². The molecule has 0 amide bonds. The third-order valence-corrected chi connectivity index (χ3v) is 6.02. The van der Waals surface area contributed by atoms with E-state index >= 15 is 0 Å². The first-order chi connectivity index (χ1) is 12.7. The van der Waals surface area contributed by atoms with Crippen molar-refractivity contribution in [2.24, 2.45) is 0 Å². The summed E-state index contributed by atoms with van der Waals surface area (Å²) < 4.78 is 5.45. The lowest BCUT2D eigenvalue weighted by molar-refractivity contribution is 0.123. The molecule has 5 nitrogen and oxygen atoms in total. The lowest BCUT2D eigenvalue weighted by Crippen LogP contribution is -2.36. The molecule has 0 saturated carbocycles. The van der Waals surface area contributed by atoms with Gasteiger partial charge in [0.25, 0.3) is 0 Å². The number of thiophene rings is 1. The van der Waals surface area contributed by atoms with Crippen LogP contribution in [0.2, 0.25) is 10.0 Å². The smallest absolute Gasteiger partial charge is 0.148 e. The summed E-state index contributed by atoms with van der Waals surface area (Å²) >= 11 is 14.1. The number of imidazole rings is 1. The first-order valence-corrected chi connectivity index (χ1v) is 9.61. The molecule has 3 heterocycles. The lowest BCUT2D eigenvalue weighted by Gasteiger charge is -2.27. The van der Waals surface area contributed by atoms with Crippen LogP contribution in [0.1, 0.15) is 5.56 Å². The number of hydrogen-bond acceptors (Lipinski definition) is 5. The molecule has 3 aromatic rings. The summed E-state index contributed by atoms with van der Waals surface area (Å²) in [6, 6.07) is 7.70. The Morgan fingerprint density at radius 1 is 1.27 bits per heavy atom. The largest absolute Gasteiger partial charge is 0.378 e. The van der Waals surface area contributed by atoms with Crippen molar-refractivity contribution < 1.29 is 4.74 Å². The summed E-state index contributed by atoms with van der Waals surface area (Å²) in [6.07, 6.45) is 3.46. The van der Waals surface area contributed by atoms with Crippen LogP contribution in [0.25, 0.3) is 21.8 Å². The summed E-state index contributed by atoms with van der Waals surface area (Å²) in [5.74, 6) is 0.715. The minimum atomic E-state index is 0.508. The molecule has 0 bridgehead atoms. The van der Waals surface area contributed by atoms with E-state index in [9.17, 15) is 5.26 Å². The maximum Gasteiger partial charge on any atom is 0.148 e. The van der Waals surface area contributed by atoms with Crippen LogP contribution in [-0.2, 0) is 4.74 Å². The average molecular weight is 405 g/mol. The van der Waals surface area contributed by atoms with E-state index in [0.29, 0.717) is 34.6 Å². The molecule has 8 heteroatoms. The third-order valence-electron chi connectivity index (χ3n) is 4.21. The molecule has 0 atom stereocenters. The van der Waals surface area contributed by atoms with Crippen LogP contribution in [0, 0.1) is 11.3 Å². The van der Waals surface area contributed by atoms with Crippen molar-refractivity contribution in [3.05, 3.63) is 46.2 Å². The SMILES string of the molecule is N#Cc1c(N2CCOCC2)sc(-c2ncc[nH]2)c1-c1ccc(Cl)cc1Cl. The number of H-pyrrole nitrogens is 1. The number of aromatic amines is 1. The van der Waals surface area contributed by atoms with E-state index in [-0.39, 0.29) is 0 Å². The van der Waals surface area contributed by atoms with E-state index in [1.165, 1.54) is 0 Å². The van der Waals surface area contributed by atoms with E-state index in [1.54, 1.807) is 35.9 Å². The number of rotatable bonds is 3. The summed E-state index contributed by atoms with van der Waals surface area (Å²) in [6.45, 7) is 2.80. The van der Waals surface area contributed by atoms with Gasteiger partial charge in [0.2, 0.25) is 0 Å². The Morgan fingerprint density at radius 3 is 2.73 bits per heavy atom. The second-order valence-electron chi connectivity index (χ2n) is 5.76. The number of hydrogen-bond donors (Lipinski definition) is 1. The molecule has 1 aromatic carbocycles. The van der Waals surface area contributed by atoms with Gasteiger partial charge in [-0.05, 0) is 12.1 Å². The van der Waals surface area contributed by atoms with Gasteiger partial charge in [-0.1, -0.05) is 29.3 Å². The van der Waals surface area contributed by atoms with Crippen molar-refractivity contribution >= 4 is 39.5 Å². The quantitative estimate of drug-likeness (QED) is 0.679. The Balaban J connectivity index is 1.95. The number of nitrogens with zero attached hydrogens (tertiary/aromatic N) is 3. The van der Waals surface area contributed by atoms with E-state index in [2.05, 4.69) is 20.9 Å². The zero-order valence-electron chi connectivity index (χ0n) is 13.6. The Bertz CT molecular complexity index is 972. The number of aromatic nitrogens is 2. The molecule has 1 N–H and O–H groups in total. The maximum atomic E-state index is 9.95. The summed E-state index contributed by atoms with van der Waals surface area (Å²) in [4.78, 5) is 10.6. The molecule has 4 rings (SSSR count). The van der Waals surface area contributed by atoms with Gasteiger partial charge in [0, 0.05) is 46.7 Å². The average Bonchev–Trinajstić information content (AvgIpc) is 3.30. The Hall–Kier alpha value is -2.04. The molecular formula is C18H14Cl2N4OS. The molecule has 0 aliphatic carbocycles. The van der Waals surface area contributed by atoms with Crippen molar-refractivity contribution in [2.45, 2.75) is 0 Å². The molecule has 26 heavy (non-hydrogen) atoms. The zero-order valence-corrected chi connectivity index (χ0v) is 16.0. The van der Waals surface area contributed by atoms with Crippen molar-refractivity contribution in [3.63, 3.8) is 0 Å². The molecule has 0 spiro atoms. The van der Waals surface area contributed by atoms with Crippen molar-refractivity contribution in [1.82, 2.24) is 9.97 Å². The van der Waals surface area contributed by atoms with Gasteiger partial charge in [-0.3, -0.25) is 0 Å². The lowest BCUT2D eigenvalue weighted by atomic mass is 10.0. The van der Waals surface area contributed by atoms with E-state index in [0.717, 1.165) is 34.1 Å². The van der Waals surface area contributed by atoms with Crippen LogP contribution in [0.5, 0.6) is 0 Å². The van der Waals surface area contributed by atoms with Crippen molar-refractivity contribution in [2.75, 3.05) is 31.2 Å². The van der Waals surface area contributed by atoms with Crippen LogP contribution in [0.4, 0.5) is 5.00 Å². The van der Waals surface area contributed by atoms with Crippen LogP contribution in [0.15, 0.2) is 30.6 Å². The predicted octanol–water partition coefficient (Wildman–Crippen LogP) is 4.82. The Morgan fingerprint density at radius 2 is 2.08 bits per heavy atom. The number of benzene rings is 1. The normalized spacial score (nSPS) is 14.4. The molecule has 132 valence electrons. The van der Waals surface area contributed by atoms with Crippen molar-refractivity contribution in [1.29, 1.82) is 5.26 Å². The molecule has 1 saturated heterocycles. The molecule has 1 fully saturated rings. The molecule has 0 radical (unpaired) electrons. The number of morpholine rings is 1. The third kappa shape index (κ3) is 3.08. The first-order valence-electron chi connectivity index (χ1n) is 8.04. The predicted molar refractivity (Wildman–Crippen MR) is 105 cm³/mol. The van der Waals surface area contributed by atoms with Crippen LogP contribution in [0.3, 0.4) is 0 Å². The minimum absolute atomic E-state index is 0.508. The zero-order chi connectivity index (χ0) is 18.1. The van der Waals surface area contributed by atoms with Crippen LogP contribution >= 0.6 is 34.5 Å². The van der Waals surface area contributed by atoms with Crippen LogP contribution < -0.4 is 4.90 Å². The number of nitrogens with one attached hydrogen (secondary N) is 1. The van der Waals surface area contributed by atoms with Crippen molar-refractivity contribution in [3.8, 4) is 27.9 Å². The van der Waals surface area contributed by atoms with E-state index in [4.69, 9.17) is 27.9 Å². The monoisotopic (exact) mass is 404 g/mol. The molecular weight excluding hydrogens is 391 g/mol. The van der Waals surface area contributed by atoms with Gasteiger partial charge in [0.1, 0.15) is 16.9 Å². The molecule has 2 aromatic heterocycles. The minimum Gasteiger partial charge on any atom is -0.378 e. The fourth-order valence-corrected chi connectivity index (χ4v) is 4.80. The van der Waals surface area contributed by atoms with Gasteiger partial charge in [0.05, 0.1) is 23.7 Å². The second-order valence-corrected chi connectivity index (χ2v) is 7.60. The van der Waals surface area contributed by atoms with E-state index < -0.39 is 0 Å².